The van der Waals surface area contributed by atoms with E-state index in [1.54, 1.807) is 36.5 Å². The summed E-state index contributed by atoms with van der Waals surface area (Å²) < 4.78 is 26.0. The molecule has 0 saturated carbocycles. The van der Waals surface area contributed by atoms with Crippen LogP contribution in [0.3, 0.4) is 0 Å². The lowest BCUT2D eigenvalue weighted by Crippen LogP contribution is -2.31. The number of anilines is 1. The average molecular weight is 474 g/mol. The fourth-order valence-corrected chi connectivity index (χ4v) is 3.80. The molecular weight excluding hydrogens is 451 g/mol. The van der Waals surface area contributed by atoms with Gasteiger partial charge in [-0.1, -0.05) is 18.2 Å². The van der Waals surface area contributed by atoms with Crippen molar-refractivity contribution in [1.29, 1.82) is 0 Å². The van der Waals surface area contributed by atoms with Crippen molar-refractivity contribution >= 4 is 23.2 Å². The normalized spacial score (nSPS) is 13.4. The van der Waals surface area contributed by atoms with E-state index in [0.717, 1.165) is 11.1 Å². The topological polar surface area (TPSA) is 94.8 Å². The van der Waals surface area contributed by atoms with Gasteiger partial charge in [0, 0.05) is 30.4 Å². The van der Waals surface area contributed by atoms with Gasteiger partial charge in [-0.25, -0.2) is 13.9 Å². The number of hydrogen-bond donors (Lipinski definition) is 1. The van der Waals surface area contributed by atoms with E-state index in [-0.39, 0.29) is 24.0 Å². The van der Waals surface area contributed by atoms with Crippen LogP contribution in [0.2, 0.25) is 0 Å². The van der Waals surface area contributed by atoms with Crippen molar-refractivity contribution < 1.29 is 23.5 Å². The van der Waals surface area contributed by atoms with E-state index in [9.17, 15) is 14.0 Å². The van der Waals surface area contributed by atoms with E-state index >= 15 is 0 Å². The van der Waals surface area contributed by atoms with Crippen LogP contribution in [0.1, 0.15) is 27.9 Å². The van der Waals surface area contributed by atoms with Gasteiger partial charge < -0.3 is 14.8 Å². The lowest BCUT2D eigenvalue weighted by Gasteiger charge is -2.24. The molecule has 2 aromatic carbocycles. The molecule has 4 aromatic rings. The Labute approximate surface area is 200 Å². The number of ketones is 1. The fourth-order valence-electron chi connectivity index (χ4n) is 3.80. The highest BCUT2D eigenvalue weighted by Gasteiger charge is 2.22. The van der Waals surface area contributed by atoms with E-state index in [0.29, 0.717) is 48.3 Å². The number of rotatable bonds is 8. The second kappa shape index (κ2) is 9.63. The van der Waals surface area contributed by atoms with Gasteiger partial charge in [0.1, 0.15) is 11.6 Å². The molecule has 0 spiro atoms. The smallest absolute Gasteiger partial charge is 0.237 e. The number of benzene rings is 2. The van der Waals surface area contributed by atoms with Gasteiger partial charge >= 0.3 is 0 Å². The molecule has 1 fully saturated rings. The van der Waals surface area contributed by atoms with Gasteiger partial charge in [-0.15, -0.1) is 5.10 Å². The molecule has 1 saturated heterocycles. The summed E-state index contributed by atoms with van der Waals surface area (Å²) in [5.74, 6) is 0.773. The van der Waals surface area contributed by atoms with Crippen LogP contribution in [0.25, 0.3) is 5.65 Å². The minimum absolute atomic E-state index is 0.113. The number of fused-ring (bicyclic) bond motifs is 1. The van der Waals surface area contributed by atoms with Gasteiger partial charge in [-0.3, -0.25) is 9.59 Å². The van der Waals surface area contributed by atoms with Crippen molar-refractivity contribution in [3.63, 3.8) is 0 Å². The number of amides is 1. The quantitative estimate of drug-likeness (QED) is 0.381. The Hall–Kier alpha value is -4.11. The highest BCUT2D eigenvalue weighted by molar-refractivity contribution is 5.97. The Morgan fingerprint density at radius 1 is 1.17 bits per heavy atom. The van der Waals surface area contributed by atoms with Gasteiger partial charge in [0.15, 0.2) is 17.2 Å². The lowest BCUT2D eigenvalue weighted by molar-refractivity contribution is -0.121. The van der Waals surface area contributed by atoms with Crippen LogP contribution in [0.5, 0.6) is 11.6 Å². The molecular formula is C26H23FN4O4. The number of aryl methyl sites for hydroxylation is 1. The lowest BCUT2D eigenvalue weighted by atomic mass is 9.99. The number of ether oxygens (including phenoxy) is 2. The largest absolute Gasteiger partial charge is 0.438 e. The van der Waals surface area contributed by atoms with E-state index in [2.05, 4.69) is 15.4 Å². The minimum atomic E-state index is -0.443. The van der Waals surface area contributed by atoms with Crippen LogP contribution in [0.15, 0.2) is 60.8 Å². The second-order valence-corrected chi connectivity index (χ2v) is 8.56. The summed E-state index contributed by atoms with van der Waals surface area (Å²) in [4.78, 5) is 29.1. The maximum Gasteiger partial charge on any atom is 0.237 e. The van der Waals surface area contributed by atoms with Crippen molar-refractivity contribution in [1.82, 2.24) is 14.6 Å². The molecule has 0 bridgehead atoms. The van der Waals surface area contributed by atoms with Crippen molar-refractivity contribution in [3.05, 3.63) is 83.3 Å². The highest BCUT2D eigenvalue weighted by Crippen LogP contribution is 2.24. The number of nitrogens with zero attached hydrogens (tertiary/aromatic N) is 3. The molecule has 2 aromatic heterocycles. The number of imidazole rings is 1. The molecule has 3 heterocycles. The third-order valence-electron chi connectivity index (χ3n) is 5.78. The summed E-state index contributed by atoms with van der Waals surface area (Å²) in [7, 11) is 0. The molecule has 1 aliphatic rings. The monoisotopic (exact) mass is 474 g/mol. The Morgan fingerprint density at radius 2 is 2.03 bits per heavy atom. The minimum Gasteiger partial charge on any atom is -0.438 e. The second-order valence-electron chi connectivity index (χ2n) is 8.56. The summed E-state index contributed by atoms with van der Waals surface area (Å²) in [6.07, 6.45) is 2.14. The molecule has 1 aliphatic heterocycles. The number of halogens is 1. The number of aromatic nitrogens is 3. The number of hydrogen-bond acceptors (Lipinski definition) is 6. The SMILES string of the molecule is Cc1ccc(Oc2ccc3nc(NC(=O)CC4COC4)cn3n2)cc1CC(=O)c1cccc(F)c1. The molecule has 1 amide bonds. The van der Waals surface area contributed by atoms with Crippen LogP contribution >= 0.6 is 0 Å². The van der Waals surface area contributed by atoms with Gasteiger partial charge in [-0.05, 0) is 48.4 Å². The number of nitrogens with one attached hydrogen (secondary N) is 1. The first-order valence-corrected chi connectivity index (χ1v) is 11.2. The molecule has 1 N–H and O–H groups in total. The predicted molar refractivity (Wildman–Crippen MR) is 126 cm³/mol. The van der Waals surface area contributed by atoms with E-state index in [1.807, 2.05) is 13.0 Å². The molecule has 0 radical (unpaired) electrons. The predicted octanol–water partition coefficient (Wildman–Crippen LogP) is 4.37. The molecule has 9 heteroatoms. The first kappa shape index (κ1) is 22.7. The van der Waals surface area contributed by atoms with Gasteiger partial charge in [0.05, 0.1) is 19.4 Å². The number of Topliss-reactive ketones (excluding diaryl/α,β-unsaturated/α-hetero) is 1. The molecule has 178 valence electrons. The van der Waals surface area contributed by atoms with E-state index in [1.165, 1.54) is 22.7 Å². The Morgan fingerprint density at radius 3 is 2.80 bits per heavy atom. The Bertz CT molecular complexity index is 1410. The van der Waals surface area contributed by atoms with Gasteiger partial charge in [0.2, 0.25) is 11.8 Å². The summed E-state index contributed by atoms with van der Waals surface area (Å²) in [6, 6.07) is 14.5. The highest BCUT2D eigenvalue weighted by atomic mass is 19.1. The molecule has 5 rings (SSSR count). The zero-order valence-corrected chi connectivity index (χ0v) is 19.0. The third-order valence-corrected chi connectivity index (χ3v) is 5.78. The number of carbonyl (C=O) groups is 2. The molecule has 0 atom stereocenters. The maximum atomic E-state index is 13.5. The van der Waals surface area contributed by atoms with Crippen LogP contribution in [-0.2, 0) is 16.0 Å². The van der Waals surface area contributed by atoms with Crippen molar-refractivity contribution in [2.75, 3.05) is 18.5 Å². The van der Waals surface area contributed by atoms with Gasteiger partial charge in [0.25, 0.3) is 0 Å². The fraction of sp³-hybridized carbons (Fsp3) is 0.231. The molecule has 0 unspecified atom stereocenters. The van der Waals surface area contributed by atoms with E-state index < -0.39 is 5.82 Å². The molecule has 8 nitrogen and oxygen atoms in total. The van der Waals surface area contributed by atoms with Crippen molar-refractivity contribution in [2.45, 2.75) is 19.8 Å². The van der Waals surface area contributed by atoms with Crippen molar-refractivity contribution in [2.24, 2.45) is 5.92 Å². The summed E-state index contributed by atoms with van der Waals surface area (Å²) in [5.41, 5.74) is 2.59. The van der Waals surface area contributed by atoms with Crippen LogP contribution in [-0.4, -0.2) is 39.5 Å². The Kier molecular flexibility index (Phi) is 6.24. The first-order valence-electron chi connectivity index (χ1n) is 11.2. The molecule has 0 aliphatic carbocycles. The first-order chi connectivity index (χ1) is 16.9. The zero-order chi connectivity index (χ0) is 24.4. The summed E-state index contributed by atoms with van der Waals surface area (Å²) in [5, 5.41) is 7.19. The van der Waals surface area contributed by atoms with Crippen LogP contribution in [0, 0.1) is 18.7 Å². The Balaban J connectivity index is 1.28. The third kappa shape index (κ3) is 5.36. The van der Waals surface area contributed by atoms with E-state index in [4.69, 9.17) is 9.47 Å². The maximum absolute atomic E-state index is 13.5. The zero-order valence-electron chi connectivity index (χ0n) is 19.0. The summed E-state index contributed by atoms with van der Waals surface area (Å²) in [6.45, 7) is 3.13. The van der Waals surface area contributed by atoms with Gasteiger partial charge in [-0.2, -0.15) is 0 Å². The number of carbonyl (C=O) groups excluding carboxylic acids is 2. The van der Waals surface area contributed by atoms with Crippen LogP contribution in [0.4, 0.5) is 10.2 Å². The standard InChI is InChI=1S/C26H23FN4O4/c1-16-5-6-21(11-19(16)12-22(32)18-3-2-4-20(27)10-18)35-26-8-7-24-28-23(13-31(24)30-26)29-25(33)9-17-14-34-15-17/h2-8,10-11,13,17H,9,12,14-15H2,1H3,(H,29,33). The summed E-state index contributed by atoms with van der Waals surface area (Å²) >= 11 is 0. The van der Waals surface area contributed by atoms with Crippen molar-refractivity contribution in [3.8, 4) is 11.6 Å². The average Bonchev–Trinajstić information content (AvgIpc) is 3.20. The van der Waals surface area contributed by atoms with Crippen LogP contribution < -0.4 is 10.1 Å². The molecule has 35 heavy (non-hydrogen) atoms.